The highest BCUT2D eigenvalue weighted by Gasteiger charge is 2.38. The van der Waals surface area contributed by atoms with E-state index in [-0.39, 0.29) is 0 Å². The minimum Gasteiger partial charge on any atom is -0.398 e. The average Bonchev–Trinajstić information content (AvgIpc) is 2.89. The Kier molecular flexibility index (Phi) is 2.85. The van der Waals surface area contributed by atoms with Gasteiger partial charge in [-0.05, 0) is 53.3 Å². The maximum absolute atomic E-state index is 6.01. The third kappa shape index (κ3) is 2.36. The van der Waals surface area contributed by atoms with Crippen LogP contribution >= 0.6 is 15.9 Å². The van der Waals surface area contributed by atoms with Gasteiger partial charge in [-0.3, -0.25) is 0 Å². The Bertz CT molecular complexity index is 630. The molecule has 2 N–H and O–H groups in total. The van der Waals surface area contributed by atoms with Crippen LogP contribution in [0.3, 0.4) is 0 Å². The Morgan fingerprint density at radius 3 is 2.84 bits per heavy atom. The van der Waals surface area contributed by atoms with Crippen molar-refractivity contribution in [2.75, 3.05) is 5.73 Å². The normalized spacial score (nSPS) is 16.6. The maximum Gasteiger partial charge on any atom is 0.182 e. The molecule has 1 fully saturated rings. The number of benzene rings is 1. The van der Waals surface area contributed by atoms with Crippen LogP contribution in [0.1, 0.15) is 25.3 Å². The number of rotatable bonds is 3. The molecule has 1 heterocycles. The lowest BCUT2D eigenvalue weighted by Gasteiger charge is -2.12. The van der Waals surface area contributed by atoms with Gasteiger partial charge in [0, 0.05) is 15.7 Å². The van der Waals surface area contributed by atoms with E-state index in [1.165, 1.54) is 12.8 Å². The highest BCUT2D eigenvalue weighted by molar-refractivity contribution is 9.10. The number of nitrogens with two attached hydrogens (primary N) is 1. The van der Waals surface area contributed by atoms with Crippen LogP contribution in [0.4, 0.5) is 5.69 Å². The number of hydrogen-bond acceptors (Lipinski definition) is 4. The Labute approximate surface area is 120 Å². The summed E-state index contributed by atoms with van der Waals surface area (Å²) in [4.78, 5) is 0. The second-order valence-electron chi connectivity index (χ2n) is 5.64. The van der Waals surface area contributed by atoms with Crippen molar-refractivity contribution in [3.63, 3.8) is 0 Å². The zero-order chi connectivity index (χ0) is 13.6. The van der Waals surface area contributed by atoms with Crippen LogP contribution in [0.25, 0.3) is 11.4 Å². The van der Waals surface area contributed by atoms with Gasteiger partial charge in [-0.25, -0.2) is 4.68 Å². The van der Waals surface area contributed by atoms with Crippen molar-refractivity contribution >= 4 is 21.6 Å². The van der Waals surface area contributed by atoms with Gasteiger partial charge >= 0.3 is 0 Å². The zero-order valence-electron chi connectivity index (χ0n) is 11.0. The molecule has 19 heavy (non-hydrogen) atoms. The van der Waals surface area contributed by atoms with Gasteiger partial charge in [0.05, 0.1) is 6.54 Å². The van der Waals surface area contributed by atoms with E-state index in [0.29, 0.717) is 5.41 Å². The van der Waals surface area contributed by atoms with E-state index in [9.17, 15) is 0 Å². The molecule has 1 aromatic carbocycles. The van der Waals surface area contributed by atoms with Crippen molar-refractivity contribution in [2.45, 2.75) is 33.2 Å². The molecule has 0 saturated heterocycles. The molecule has 0 spiro atoms. The number of aromatic nitrogens is 4. The predicted molar refractivity (Wildman–Crippen MR) is 77.4 cm³/mol. The molecular weight excluding hydrogens is 306 g/mol. The van der Waals surface area contributed by atoms with Gasteiger partial charge in [-0.2, -0.15) is 0 Å². The summed E-state index contributed by atoms with van der Waals surface area (Å²) >= 11 is 3.47. The van der Waals surface area contributed by atoms with Gasteiger partial charge < -0.3 is 5.73 Å². The third-order valence-electron chi connectivity index (χ3n) is 3.82. The van der Waals surface area contributed by atoms with Crippen molar-refractivity contribution in [3.8, 4) is 11.4 Å². The van der Waals surface area contributed by atoms with Crippen molar-refractivity contribution in [1.29, 1.82) is 0 Å². The molecule has 0 unspecified atom stereocenters. The highest BCUT2D eigenvalue weighted by atomic mass is 79.9. The lowest BCUT2D eigenvalue weighted by molar-refractivity contribution is 0.427. The van der Waals surface area contributed by atoms with Gasteiger partial charge in [0.2, 0.25) is 0 Å². The van der Waals surface area contributed by atoms with E-state index in [1.54, 1.807) is 0 Å². The SMILES string of the molecule is Cc1c(N)cc(Br)cc1-c1nnnn1CC1(C)CC1. The molecule has 0 radical (unpaired) electrons. The molecule has 100 valence electrons. The molecule has 1 aliphatic carbocycles. The minimum atomic E-state index is 0.357. The molecule has 1 aromatic heterocycles. The van der Waals surface area contributed by atoms with E-state index in [0.717, 1.165) is 33.7 Å². The van der Waals surface area contributed by atoms with Crippen LogP contribution in [0.5, 0.6) is 0 Å². The molecule has 0 amide bonds. The van der Waals surface area contributed by atoms with Gasteiger partial charge in [0.1, 0.15) is 0 Å². The van der Waals surface area contributed by atoms with E-state index in [2.05, 4.69) is 38.4 Å². The van der Waals surface area contributed by atoms with Crippen LogP contribution in [-0.4, -0.2) is 20.2 Å². The molecule has 0 atom stereocenters. The molecule has 0 aliphatic heterocycles. The van der Waals surface area contributed by atoms with E-state index in [1.807, 2.05) is 23.7 Å². The zero-order valence-corrected chi connectivity index (χ0v) is 12.6. The molecular formula is C13H16BrN5. The predicted octanol–water partition coefficient (Wildman–Crippen LogP) is 2.79. The van der Waals surface area contributed by atoms with E-state index < -0.39 is 0 Å². The summed E-state index contributed by atoms with van der Waals surface area (Å²) in [7, 11) is 0. The number of nitrogens with zero attached hydrogens (tertiary/aromatic N) is 4. The Balaban J connectivity index is 2.05. The number of anilines is 1. The smallest absolute Gasteiger partial charge is 0.182 e. The number of nitrogen functional groups attached to an aromatic ring is 1. The summed E-state index contributed by atoms with van der Waals surface area (Å²) in [6.07, 6.45) is 2.48. The highest BCUT2D eigenvalue weighted by Crippen LogP contribution is 2.46. The molecule has 1 saturated carbocycles. The van der Waals surface area contributed by atoms with E-state index >= 15 is 0 Å². The Morgan fingerprint density at radius 1 is 1.42 bits per heavy atom. The summed E-state index contributed by atoms with van der Waals surface area (Å²) in [5, 5.41) is 12.1. The fourth-order valence-electron chi connectivity index (χ4n) is 2.17. The first-order valence-corrected chi connectivity index (χ1v) is 7.10. The van der Waals surface area contributed by atoms with Crippen LogP contribution in [0, 0.1) is 12.3 Å². The van der Waals surface area contributed by atoms with Crippen molar-refractivity contribution in [2.24, 2.45) is 5.41 Å². The Morgan fingerprint density at radius 2 is 2.16 bits per heavy atom. The fraction of sp³-hybridized carbons (Fsp3) is 0.462. The fourth-order valence-corrected chi connectivity index (χ4v) is 2.65. The summed E-state index contributed by atoms with van der Waals surface area (Å²) in [6.45, 7) is 5.12. The first kappa shape index (κ1) is 12.6. The number of tetrazole rings is 1. The largest absolute Gasteiger partial charge is 0.398 e. The van der Waals surface area contributed by atoms with Gasteiger partial charge in [0.15, 0.2) is 5.82 Å². The number of halogens is 1. The second kappa shape index (κ2) is 4.30. The first-order valence-electron chi connectivity index (χ1n) is 6.31. The summed E-state index contributed by atoms with van der Waals surface area (Å²) < 4.78 is 2.83. The molecule has 2 aromatic rings. The van der Waals surface area contributed by atoms with Crippen molar-refractivity contribution in [1.82, 2.24) is 20.2 Å². The summed E-state index contributed by atoms with van der Waals surface area (Å²) in [5.41, 5.74) is 9.11. The molecule has 6 heteroatoms. The molecule has 0 bridgehead atoms. The molecule has 5 nitrogen and oxygen atoms in total. The second-order valence-corrected chi connectivity index (χ2v) is 6.55. The van der Waals surface area contributed by atoms with Gasteiger partial charge in [-0.1, -0.05) is 22.9 Å². The Hall–Kier alpha value is -1.43. The minimum absolute atomic E-state index is 0.357. The van der Waals surface area contributed by atoms with Crippen LogP contribution in [0.15, 0.2) is 16.6 Å². The molecule has 3 rings (SSSR count). The first-order chi connectivity index (χ1) is 8.98. The van der Waals surface area contributed by atoms with E-state index in [4.69, 9.17) is 5.73 Å². The van der Waals surface area contributed by atoms with Crippen LogP contribution < -0.4 is 5.73 Å². The van der Waals surface area contributed by atoms with Crippen molar-refractivity contribution < 1.29 is 0 Å². The van der Waals surface area contributed by atoms with Gasteiger partial charge in [0.25, 0.3) is 0 Å². The topological polar surface area (TPSA) is 69.6 Å². The van der Waals surface area contributed by atoms with Crippen LogP contribution in [0.2, 0.25) is 0 Å². The standard InChI is InChI=1S/C13H16BrN5/c1-8-10(5-9(14)6-11(8)15)12-16-17-18-19(12)7-13(2)3-4-13/h5-6H,3-4,7,15H2,1-2H3. The molecule has 1 aliphatic rings. The summed E-state index contributed by atoms with van der Waals surface area (Å²) in [5.74, 6) is 0.790. The quantitative estimate of drug-likeness (QED) is 0.882. The lowest BCUT2D eigenvalue weighted by atomic mass is 10.1. The summed E-state index contributed by atoms with van der Waals surface area (Å²) in [6, 6.07) is 3.91. The van der Waals surface area contributed by atoms with Crippen LogP contribution in [-0.2, 0) is 6.54 Å². The van der Waals surface area contributed by atoms with Crippen molar-refractivity contribution in [3.05, 3.63) is 22.2 Å². The lowest BCUT2D eigenvalue weighted by Crippen LogP contribution is -2.11. The monoisotopic (exact) mass is 321 g/mol. The number of hydrogen-bond donors (Lipinski definition) is 1. The van der Waals surface area contributed by atoms with Gasteiger partial charge in [-0.15, -0.1) is 5.10 Å². The third-order valence-corrected chi connectivity index (χ3v) is 4.28. The maximum atomic E-state index is 6.01. The average molecular weight is 322 g/mol.